The van der Waals surface area contributed by atoms with Gasteiger partial charge in [-0.25, -0.2) is 4.98 Å². The predicted octanol–water partition coefficient (Wildman–Crippen LogP) is 4.23. The van der Waals surface area contributed by atoms with Crippen LogP contribution in [0.2, 0.25) is 0 Å². The molecule has 1 heterocycles. The summed E-state index contributed by atoms with van der Waals surface area (Å²) >= 11 is 6.62. The molecule has 0 saturated carbocycles. The normalized spacial score (nSPS) is 10.9. The highest BCUT2D eigenvalue weighted by Gasteiger charge is 2.26. The van der Waals surface area contributed by atoms with E-state index in [0.29, 0.717) is 39.0 Å². The zero-order valence-electron chi connectivity index (χ0n) is 12.7. The van der Waals surface area contributed by atoms with E-state index >= 15 is 0 Å². The number of anilines is 1. The first-order valence-electron chi connectivity index (χ1n) is 6.86. The molecule has 2 aromatic rings. The van der Waals surface area contributed by atoms with Crippen LogP contribution in [0.15, 0.2) is 15.0 Å². The highest BCUT2D eigenvalue weighted by Crippen LogP contribution is 2.40. The lowest BCUT2D eigenvalue weighted by Crippen LogP contribution is -2.13. The lowest BCUT2D eigenvalue weighted by Gasteiger charge is -2.14. The summed E-state index contributed by atoms with van der Waals surface area (Å²) in [4.78, 5) is 15.4. The maximum Gasteiger partial charge on any atom is 0.312 e. The maximum absolute atomic E-state index is 11.4. The van der Waals surface area contributed by atoms with Gasteiger partial charge in [0.15, 0.2) is 5.52 Å². The summed E-state index contributed by atoms with van der Waals surface area (Å²) in [6, 6.07) is 1.95. The van der Waals surface area contributed by atoms with Crippen molar-refractivity contribution in [2.75, 3.05) is 18.4 Å². The number of rotatable bonds is 6. The maximum atomic E-state index is 11.4. The first kappa shape index (κ1) is 20.1. The van der Waals surface area contributed by atoms with Gasteiger partial charge in [-0.2, -0.15) is 0 Å². The van der Waals surface area contributed by atoms with Gasteiger partial charge in [-0.15, -0.1) is 12.4 Å². The summed E-state index contributed by atoms with van der Waals surface area (Å²) in [5.74, 6) is 0.617. The van der Waals surface area contributed by atoms with Crippen molar-refractivity contribution >= 4 is 66.9 Å². The molecule has 128 valence electrons. The van der Waals surface area contributed by atoms with Gasteiger partial charge >= 0.3 is 5.69 Å². The number of nitrogens with two attached hydrogens (primary N) is 1. The fourth-order valence-electron chi connectivity index (χ4n) is 2.27. The predicted molar refractivity (Wildman–Crippen MR) is 102 cm³/mol. The molecular weight excluding hydrogens is 453 g/mol. The molecule has 0 aliphatic carbocycles. The van der Waals surface area contributed by atoms with Crippen LogP contribution < -0.4 is 11.1 Å². The summed E-state index contributed by atoms with van der Waals surface area (Å²) in [6.45, 7) is 5.27. The van der Waals surface area contributed by atoms with Gasteiger partial charge in [-0.3, -0.25) is 10.1 Å². The third-order valence-corrected chi connectivity index (χ3v) is 5.18. The quantitative estimate of drug-likeness (QED) is 0.373. The molecule has 3 N–H and O–H groups in total. The number of fused-ring (bicyclic) bond motifs is 1. The largest absolute Gasteiger partial charge is 0.356 e. The Bertz CT molecular complexity index is 720. The Labute approximate surface area is 156 Å². The molecule has 10 heteroatoms. The molecular formula is C13H18Br2ClN5O2. The van der Waals surface area contributed by atoms with Crippen LogP contribution in [0.4, 0.5) is 11.6 Å². The van der Waals surface area contributed by atoms with Crippen molar-refractivity contribution in [1.82, 2.24) is 9.55 Å². The van der Waals surface area contributed by atoms with Gasteiger partial charge in [-0.05, 0) is 64.7 Å². The van der Waals surface area contributed by atoms with Gasteiger partial charge in [0.2, 0.25) is 5.95 Å². The molecule has 0 saturated heterocycles. The molecule has 1 aromatic carbocycles. The number of nitro benzene ring substituents is 1. The zero-order valence-corrected chi connectivity index (χ0v) is 16.7. The van der Waals surface area contributed by atoms with Crippen LogP contribution in [-0.2, 0) is 0 Å². The SMILES string of the molecule is CC(C)n1c(NCCCN)nc2c([N+](=O)[O-])c(Br)c(Br)cc21.Cl. The van der Waals surface area contributed by atoms with E-state index in [0.717, 1.165) is 6.42 Å². The topological polar surface area (TPSA) is 99.0 Å². The molecule has 2 rings (SSSR count). The number of hydrogen-bond donors (Lipinski definition) is 2. The van der Waals surface area contributed by atoms with Crippen molar-refractivity contribution < 1.29 is 4.92 Å². The van der Waals surface area contributed by atoms with Crippen LogP contribution in [-0.4, -0.2) is 27.6 Å². The zero-order chi connectivity index (χ0) is 16.4. The van der Waals surface area contributed by atoms with E-state index in [1.165, 1.54) is 0 Å². The molecule has 0 amide bonds. The number of aromatic nitrogens is 2. The Morgan fingerprint density at radius 1 is 1.48 bits per heavy atom. The van der Waals surface area contributed by atoms with E-state index in [2.05, 4.69) is 42.2 Å². The second kappa shape index (κ2) is 8.27. The van der Waals surface area contributed by atoms with E-state index in [1.54, 1.807) is 0 Å². The second-order valence-electron chi connectivity index (χ2n) is 5.11. The third kappa shape index (κ3) is 3.96. The molecule has 0 radical (unpaired) electrons. The van der Waals surface area contributed by atoms with E-state index in [4.69, 9.17) is 5.73 Å². The molecule has 0 atom stereocenters. The number of nitrogens with one attached hydrogen (secondary N) is 1. The van der Waals surface area contributed by atoms with Gasteiger partial charge < -0.3 is 15.6 Å². The Morgan fingerprint density at radius 2 is 2.13 bits per heavy atom. The van der Waals surface area contributed by atoms with E-state index < -0.39 is 4.92 Å². The Kier molecular flexibility index (Phi) is 7.25. The summed E-state index contributed by atoms with van der Waals surface area (Å²) in [5, 5.41) is 14.6. The minimum Gasteiger partial charge on any atom is -0.356 e. The van der Waals surface area contributed by atoms with Crippen molar-refractivity contribution in [3.05, 3.63) is 25.1 Å². The number of benzene rings is 1. The third-order valence-electron chi connectivity index (χ3n) is 3.22. The average Bonchev–Trinajstić information content (AvgIpc) is 2.77. The standard InChI is InChI=1S/C13H17Br2N5O2.ClH/c1-7(2)19-9-6-8(14)10(15)12(20(21)22)11(9)18-13(19)17-5-3-4-16;/h6-7H,3-5,16H2,1-2H3,(H,17,18);1H. The van der Waals surface area contributed by atoms with Gasteiger partial charge in [0, 0.05) is 17.1 Å². The summed E-state index contributed by atoms with van der Waals surface area (Å²) < 4.78 is 2.98. The Balaban J connectivity index is 0.00000264. The molecule has 0 unspecified atom stereocenters. The van der Waals surface area contributed by atoms with Crippen LogP contribution in [0.1, 0.15) is 26.3 Å². The van der Waals surface area contributed by atoms with Crippen LogP contribution in [0.5, 0.6) is 0 Å². The molecule has 1 aromatic heterocycles. The smallest absolute Gasteiger partial charge is 0.312 e. The van der Waals surface area contributed by atoms with Crippen LogP contribution in [0.3, 0.4) is 0 Å². The van der Waals surface area contributed by atoms with Crippen molar-refractivity contribution in [3.63, 3.8) is 0 Å². The van der Waals surface area contributed by atoms with E-state index in [9.17, 15) is 10.1 Å². The number of imidazole rings is 1. The lowest BCUT2D eigenvalue weighted by atomic mass is 10.2. The highest BCUT2D eigenvalue weighted by atomic mass is 79.9. The number of hydrogen-bond acceptors (Lipinski definition) is 5. The molecule has 0 aliphatic rings. The molecule has 0 aliphatic heterocycles. The van der Waals surface area contributed by atoms with Crippen molar-refractivity contribution in [1.29, 1.82) is 0 Å². The van der Waals surface area contributed by atoms with Gasteiger partial charge in [0.25, 0.3) is 0 Å². The van der Waals surface area contributed by atoms with Crippen molar-refractivity contribution in [3.8, 4) is 0 Å². The Hall–Kier alpha value is -0.900. The minimum atomic E-state index is -0.418. The summed E-state index contributed by atoms with van der Waals surface area (Å²) in [6.07, 6.45) is 0.802. The van der Waals surface area contributed by atoms with Crippen LogP contribution in [0, 0.1) is 10.1 Å². The molecule has 0 bridgehead atoms. The molecule has 0 fully saturated rings. The second-order valence-corrected chi connectivity index (χ2v) is 6.76. The number of nitrogens with zero attached hydrogens (tertiary/aromatic N) is 3. The van der Waals surface area contributed by atoms with E-state index in [1.807, 2.05) is 24.5 Å². The lowest BCUT2D eigenvalue weighted by molar-refractivity contribution is -0.384. The highest BCUT2D eigenvalue weighted by molar-refractivity contribution is 9.13. The minimum absolute atomic E-state index is 0. The van der Waals surface area contributed by atoms with Gasteiger partial charge in [0.1, 0.15) is 4.47 Å². The number of nitro groups is 1. The fraction of sp³-hybridized carbons (Fsp3) is 0.462. The molecule has 7 nitrogen and oxygen atoms in total. The van der Waals surface area contributed by atoms with E-state index in [-0.39, 0.29) is 24.1 Å². The van der Waals surface area contributed by atoms with Gasteiger partial charge in [0.05, 0.1) is 10.4 Å². The van der Waals surface area contributed by atoms with Crippen LogP contribution >= 0.6 is 44.3 Å². The Morgan fingerprint density at radius 3 is 2.65 bits per heavy atom. The summed E-state index contributed by atoms with van der Waals surface area (Å²) in [7, 11) is 0. The molecule has 0 spiro atoms. The number of halogens is 3. The first-order chi connectivity index (χ1) is 10.4. The first-order valence-corrected chi connectivity index (χ1v) is 8.45. The molecule has 23 heavy (non-hydrogen) atoms. The van der Waals surface area contributed by atoms with Gasteiger partial charge in [-0.1, -0.05) is 0 Å². The fourth-order valence-corrected chi connectivity index (χ4v) is 3.13. The summed E-state index contributed by atoms with van der Waals surface area (Å²) in [5.41, 5.74) is 6.54. The monoisotopic (exact) mass is 469 g/mol. The van der Waals surface area contributed by atoms with Crippen molar-refractivity contribution in [2.24, 2.45) is 5.73 Å². The van der Waals surface area contributed by atoms with Crippen LogP contribution in [0.25, 0.3) is 11.0 Å². The van der Waals surface area contributed by atoms with Crippen molar-refractivity contribution in [2.45, 2.75) is 26.3 Å². The average molecular weight is 472 g/mol.